The van der Waals surface area contributed by atoms with Crippen LogP contribution < -0.4 is 11.1 Å². The Hall–Kier alpha value is -1.69. The van der Waals surface area contributed by atoms with Gasteiger partial charge in [0.1, 0.15) is 6.07 Å². The standard InChI is InChI=1S/C15H21N3/c1-11(12-6-3-2-4-7-12)18-14-9-5-8-13(10-16)15(14)17/h5,8-9,11-12,18H,2-4,6-7,17H2,1H3. The average Bonchev–Trinajstić information content (AvgIpc) is 2.42. The maximum atomic E-state index is 8.97. The van der Waals surface area contributed by atoms with Crippen molar-refractivity contribution in [1.82, 2.24) is 0 Å². The van der Waals surface area contributed by atoms with Crippen LogP contribution in [0, 0.1) is 17.2 Å². The molecule has 1 aromatic carbocycles. The molecule has 0 heterocycles. The van der Waals surface area contributed by atoms with Crippen LogP contribution in [-0.4, -0.2) is 6.04 Å². The predicted octanol–water partition coefficient (Wildman–Crippen LogP) is 3.52. The smallest absolute Gasteiger partial charge is 0.101 e. The van der Waals surface area contributed by atoms with Gasteiger partial charge >= 0.3 is 0 Å². The number of hydrogen-bond acceptors (Lipinski definition) is 3. The number of para-hydroxylation sites is 1. The lowest BCUT2D eigenvalue weighted by Crippen LogP contribution is -2.28. The van der Waals surface area contributed by atoms with Crippen molar-refractivity contribution in [1.29, 1.82) is 5.26 Å². The van der Waals surface area contributed by atoms with E-state index in [4.69, 9.17) is 11.0 Å². The van der Waals surface area contributed by atoms with Gasteiger partial charge in [0.05, 0.1) is 16.9 Å². The molecule has 0 aromatic heterocycles. The molecule has 18 heavy (non-hydrogen) atoms. The van der Waals surface area contributed by atoms with Crippen LogP contribution in [0.1, 0.15) is 44.6 Å². The lowest BCUT2D eigenvalue weighted by atomic mass is 9.84. The van der Waals surface area contributed by atoms with Gasteiger partial charge in [-0.05, 0) is 37.8 Å². The number of nitrogen functional groups attached to an aromatic ring is 1. The molecule has 2 rings (SSSR count). The van der Waals surface area contributed by atoms with E-state index in [9.17, 15) is 0 Å². The first kappa shape index (κ1) is 12.8. The highest BCUT2D eigenvalue weighted by molar-refractivity contribution is 5.73. The molecule has 0 aliphatic heterocycles. The van der Waals surface area contributed by atoms with Gasteiger partial charge in [-0.25, -0.2) is 0 Å². The highest BCUT2D eigenvalue weighted by Crippen LogP contribution is 2.30. The maximum Gasteiger partial charge on any atom is 0.101 e. The van der Waals surface area contributed by atoms with Gasteiger partial charge in [-0.15, -0.1) is 0 Å². The summed E-state index contributed by atoms with van der Waals surface area (Å²) in [5.41, 5.74) is 8.01. The maximum absolute atomic E-state index is 8.97. The highest BCUT2D eigenvalue weighted by atomic mass is 14.9. The molecule has 1 unspecified atom stereocenters. The molecule has 0 saturated heterocycles. The SMILES string of the molecule is CC(Nc1cccc(C#N)c1N)C1CCCCC1. The van der Waals surface area contributed by atoms with E-state index < -0.39 is 0 Å². The Balaban J connectivity index is 2.07. The fraction of sp³-hybridized carbons (Fsp3) is 0.533. The first-order valence-corrected chi connectivity index (χ1v) is 6.77. The minimum atomic E-state index is 0.418. The number of nitrogens with two attached hydrogens (primary N) is 1. The van der Waals surface area contributed by atoms with E-state index in [-0.39, 0.29) is 0 Å². The molecule has 3 nitrogen and oxygen atoms in total. The number of nitrogens with one attached hydrogen (secondary N) is 1. The molecule has 3 N–H and O–H groups in total. The Morgan fingerprint density at radius 1 is 1.33 bits per heavy atom. The molecule has 96 valence electrons. The van der Waals surface area contributed by atoms with E-state index in [0.29, 0.717) is 17.3 Å². The van der Waals surface area contributed by atoms with Crippen molar-refractivity contribution in [2.45, 2.75) is 45.1 Å². The first-order valence-electron chi connectivity index (χ1n) is 6.77. The molecule has 3 heteroatoms. The molecule has 1 saturated carbocycles. The van der Waals surface area contributed by atoms with Crippen molar-refractivity contribution in [3.63, 3.8) is 0 Å². The molecular weight excluding hydrogens is 222 g/mol. The van der Waals surface area contributed by atoms with Crippen molar-refractivity contribution in [2.75, 3.05) is 11.1 Å². The minimum Gasteiger partial charge on any atom is -0.396 e. The molecule has 1 atom stereocenters. The number of hydrogen-bond donors (Lipinski definition) is 2. The van der Waals surface area contributed by atoms with E-state index in [1.807, 2.05) is 12.1 Å². The van der Waals surface area contributed by atoms with Crippen LogP contribution in [0.3, 0.4) is 0 Å². The largest absolute Gasteiger partial charge is 0.396 e. The van der Waals surface area contributed by atoms with E-state index in [2.05, 4.69) is 18.3 Å². The van der Waals surface area contributed by atoms with Crippen molar-refractivity contribution >= 4 is 11.4 Å². The fourth-order valence-electron chi connectivity index (χ4n) is 2.79. The molecular formula is C15H21N3. The Kier molecular flexibility index (Phi) is 4.09. The van der Waals surface area contributed by atoms with Gasteiger partial charge in [0, 0.05) is 6.04 Å². The number of nitrogens with zero attached hydrogens (tertiary/aromatic N) is 1. The number of benzene rings is 1. The summed E-state index contributed by atoms with van der Waals surface area (Å²) in [4.78, 5) is 0. The second-order valence-corrected chi connectivity index (χ2v) is 5.21. The van der Waals surface area contributed by atoms with Gasteiger partial charge in [0.2, 0.25) is 0 Å². The molecule has 0 radical (unpaired) electrons. The van der Waals surface area contributed by atoms with Crippen molar-refractivity contribution < 1.29 is 0 Å². The Morgan fingerprint density at radius 3 is 2.72 bits per heavy atom. The van der Waals surface area contributed by atoms with Gasteiger partial charge in [0.25, 0.3) is 0 Å². The lowest BCUT2D eigenvalue weighted by Gasteiger charge is -2.29. The van der Waals surface area contributed by atoms with Crippen molar-refractivity contribution in [2.24, 2.45) is 5.92 Å². The fourth-order valence-corrected chi connectivity index (χ4v) is 2.79. The van der Waals surface area contributed by atoms with Crippen LogP contribution >= 0.6 is 0 Å². The molecule has 0 spiro atoms. The van der Waals surface area contributed by atoms with Crippen LogP contribution in [0.5, 0.6) is 0 Å². The number of anilines is 2. The molecule has 0 amide bonds. The zero-order valence-electron chi connectivity index (χ0n) is 10.9. The topological polar surface area (TPSA) is 61.8 Å². The highest BCUT2D eigenvalue weighted by Gasteiger charge is 2.20. The van der Waals surface area contributed by atoms with Gasteiger partial charge in [-0.2, -0.15) is 5.26 Å². The van der Waals surface area contributed by atoms with Crippen molar-refractivity contribution in [3.8, 4) is 6.07 Å². The van der Waals surface area contributed by atoms with E-state index in [0.717, 1.165) is 11.6 Å². The van der Waals surface area contributed by atoms with Gasteiger partial charge in [0.15, 0.2) is 0 Å². The molecule has 1 fully saturated rings. The van der Waals surface area contributed by atoms with Gasteiger partial charge < -0.3 is 11.1 Å². The third kappa shape index (κ3) is 2.76. The number of rotatable bonds is 3. The summed E-state index contributed by atoms with van der Waals surface area (Å²) >= 11 is 0. The summed E-state index contributed by atoms with van der Waals surface area (Å²) in [5.74, 6) is 0.726. The molecule has 1 aromatic rings. The quantitative estimate of drug-likeness (QED) is 0.798. The van der Waals surface area contributed by atoms with Crippen LogP contribution in [-0.2, 0) is 0 Å². The van der Waals surface area contributed by atoms with Gasteiger partial charge in [-0.3, -0.25) is 0 Å². The third-order valence-electron chi connectivity index (χ3n) is 3.97. The van der Waals surface area contributed by atoms with Crippen LogP contribution in [0.4, 0.5) is 11.4 Å². The summed E-state index contributed by atoms with van der Waals surface area (Å²) in [6, 6.07) is 8.13. The second-order valence-electron chi connectivity index (χ2n) is 5.21. The predicted molar refractivity (Wildman–Crippen MR) is 75.2 cm³/mol. The Morgan fingerprint density at radius 2 is 2.06 bits per heavy atom. The summed E-state index contributed by atoms with van der Waals surface area (Å²) in [5, 5.41) is 12.4. The summed E-state index contributed by atoms with van der Waals surface area (Å²) in [6.07, 6.45) is 6.64. The minimum absolute atomic E-state index is 0.418. The van der Waals surface area contributed by atoms with Crippen LogP contribution in [0.2, 0.25) is 0 Å². The zero-order chi connectivity index (χ0) is 13.0. The zero-order valence-corrected chi connectivity index (χ0v) is 10.9. The molecule has 1 aliphatic rings. The average molecular weight is 243 g/mol. The monoisotopic (exact) mass is 243 g/mol. The third-order valence-corrected chi connectivity index (χ3v) is 3.97. The summed E-state index contributed by atoms with van der Waals surface area (Å²) in [6.45, 7) is 2.22. The van der Waals surface area contributed by atoms with E-state index >= 15 is 0 Å². The first-order chi connectivity index (χ1) is 8.72. The van der Waals surface area contributed by atoms with Crippen molar-refractivity contribution in [3.05, 3.63) is 23.8 Å². The van der Waals surface area contributed by atoms with Gasteiger partial charge in [-0.1, -0.05) is 25.3 Å². The summed E-state index contributed by atoms with van der Waals surface area (Å²) < 4.78 is 0. The van der Waals surface area contributed by atoms with E-state index in [1.165, 1.54) is 32.1 Å². The normalized spacial score (nSPS) is 18.0. The van der Waals surface area contributed by atoms with Crippen LogP contribution in [0.25, 0.3) is 0 Å². The summed E-state index contributed by atoms with van der Waals surface area (Å²) in [7, 11) is 0. The molecule has 0 bridgehead atoms. The number of nitriles is 1. The van der Waals surface area contributed by atoms with Crippen LogP contribution in [0.15, 0.2) is 18.2 Å². The Bertz CT molecular complexity index is 442. The molecule has 1 aliphatic carbocycles. The lowest BCUT2D eigenvalue weighted by molar-refractivity contribution is 0.328. The Labute approximate surface area is 109 Å². The second kappa shape index (κ2) is 5.77. The van der Waals surface area contributed by atoms with E-state index in [1.54, 1.807) is 6.07 Å².